The van der Waals surface area contributed by atoms with E-state index in [2.05, 4.69) is 86.1 Å². The van der Waals surface area contributed by atoms with Crippen LogP contribution in [0.2, 0.25) is 0 Å². The fourth-order valence-corrected chi connectivity index (χ4v) is 4.01. The minimum atomic E-state index is 0.860. The smallest absolute Gasteiger partial charge is 0.0666 e. The molecule has 35 heavy (non-hydrogen) atoms. The summed E-state index contributed by atoms with van der Waals surface area (Å²) in [6.45, 7) is 8.30. The van der Waals surface area contributed by atoms with Crippen molar-refractivity contribution in [3.05, 3.63) is 59.7 Å². The van der Waals surface area contributed by atoms with Gasteiger partial charge in [-0.05, 0) is 75.6 Å². The molecular weight excluding hydrogens is 424 g/mol. The van der Waals surface area contributed by atoms with E-state index in [0.29, 0.717) is 0 Å². The van der Waals surface area contributed by atoms with Crippen LogP contribution in [0, 0.1) is 23.7 Å². The Balaban J connectivity index is 2.52. The second kappa shape index (κ2) is 17.4. The zero-order valence-corrected chi connectivity index (χ0v) is 22.3. The maximum Gasteiger partial charge on any atom is 0.0666 e. The normalized spacial score (nSPS) is 11.4. The fraction of sp³-hybridized carbons (Fsp3) is 0.455. The molecular formula is C33H42N2. The lowest BCUT2D eigenvalue weighted by atomic mass is 10.0. The lowest BCUT2D eigenvalue weighted by molar-refractivity contribution is 0.742. The molecule has 2 nitrogen and oxygen atoms in total. The topological polar surface area (TPSA) is 24.7 Å². The lowest BCUT2D eigenvalue weighted by Gasteiger charge is -2.14. The summed E-state index contributed by atoms with van der Waals surface area (Å²) in [5, 5.41) is 0. The van der Waals surface area contributed by atoms with Gasteiger partial charge in [0.1, 0.15) is 0 Å². The van der Waals surface area contributed by atoms with Crippen LogP contribution in [0.25, 0.3) is 0 Å². The van der Waals surface area contributed by atoms with Gasteiger partial charge in [-0.3, -0.25) is 9.98 Å². The van der Waals surface area contributed by atoms with E-state index in [0.717, 1.165) is 80.6 Å². The van der Waals surface area contributed by atoms with E-state index < -0.39 is 0 Å². The van der Waals surface area contributed by atoms with Crippen LogP contribution < -0.4 is 0 Å². The van der Waals surface area contributed by atoms with Crippen molar-refractivity contribution in [1.82, 2.24) is 0 Å². The van der Waals surface area contributed by atoms with Crippen molar-refractivity contribution in [2.45, 2.75) is 98.3 Å². The van der Waals surface area contributed by atoms with Crippen molar-refractivity contribution in [2.75, 3.05) is 0 Å². The summed E-state index contributed by atoms with van der Waals surface area (Å²) < 4.78 is 0. The summed E-state index contributed by atoms with van der Waals surface area (Å²) in [5.41, 5.74) is 6.93. The highest BCUT2D eigenvalue weighted by molar-refractivity contribution is 6.43. The number of para-hydroxylation sites is 2. The molecule has 0 aromatic heterocycles. The molecule has 0 radical (unpaired) electrons. The quantitative estimate of drug-likeness (QED) is 0.151. The number of aryl methyl sites for hydroxylation is 2. The molecule has 2 heteroatoms. The Labute approximate surface area is 214 Å². The minimum Gasteiger partial charge on any atom is -0.251 e. The summed E-state index contributed by atoms with van der Waals surface area (Å²) in [7, 11) is 0. The molecule has 2 aromatic carbocycles. The Kier molecular flexibility index (Phi) is 14.0. The first-order chi connectivity index (χ1) is 17.2. The average Bonchev–Trinajstić information content (AvgIpc) is 2.88. The summed E-state index contributed by atoms with van der Waals surface area (Å²) >= 11 is 0. The monoisotopic (exact) mass is 466 g/mol. The van der Waals surface area contributed by atoms with Gasteiger partial charge in [0.2, 0.25) is 0 Å². The molecule has 0 amide bonds. The second-order valence-corrected chi connectivity index (χ2v) is 8.79. The molecule has 0 aliphatic heterocycles. The van der Waals surface area contributed by atoms with Crippen LogP contribution in [0.1, 0.15) is 96.6 Å². The number of aliphatic imine (C=N–C) groups is 2. The van der Waals surface area contributed by atoms with Gasteiger partial charge in [-0.1, -0.05) is 69.5 Å². The molecule has 0 aliphatic rings. The molecule has 2 aromatic rings. The third-order valence-electron chi connectivity index (χ3n) is 6.00. The van der Waals surface area contributed by atoms with Crippen molar-refractivity contribution in [3.8, 4) is 23.7 Å². The van der Waals surface area contributed by atoms with Crippen LogP contribution >= 0.6 is 0 Å². The first-order valence-corrected chi connectivity index (χ1v) is 13.3. The van der Waals surface area contributed by atoms with Crippen molar-refractivity contribution < 1.29 is 0 Å². The van der Waals surface area contributed by atoms with Crippen LogP contribution in [0.3, 0.4) is 0 Å². The third kappa shape index (κ3) is 10.4. The number of rotatable bonds is 14. The first kappa shape index (κ1) is 28.1. The maximum atomic E-state index is 5.28. The molecule has 0 saturated carbocycles. The van der Waals surface area contributed by atoms with Crippen molar-refractivity contribution in [1.29, 1.82) is 0 Å². The molecule has 2 rings (SSSR count). The van der Waals surface area contributed by atoms with Gasteiger partial charge < -0.3 is 0 Å². The zero-order valence-electron chi connectivity index (χ0n) is 22.3. The molecule has 0 atom stereocenters. The van der Waals surface area contributed by atoms with E-state index in [1.54, 1.807) is 0 Å². The van der Waals surface area contributed by atoms with Gasteiger partial charge in [0.25, 0.3) is 0 Å². The van der Waals surface area contributed by atoms with Gasteiger partial charge in [-0.2, -0.15) is 0 Å². The zero-order chi connectivity index (χ0) is 25.1. The summed E-state index contributed by atoms with van der Waals surface area (Å²) in [4.78, 5) is 10.5. The highest BCUT2D eigenvalue weighted by atomic mass is 14.8. The van der Waals surface area contributed by atoms with Crippen LogP contribution in [0.4, 0.5) is 11.4 Å². The standard InChI is InChI=1S/C33H42N2/c1-5-9-13-20-28-22-16-18-25-30(28)34-32(24-12-8-4)33(27-15-11-7-3)35-31-26-19-17-23-29(31)21-14-10-6-2/h16-19,22-23,25-26H,7-8,11-15,20-21,24,27H2,1-4H3. The van der Waals surface area contributed by atoms with E-state index in [-0.39, 0.29) is 0 Å². The van der Waals surface area contributed by atoms with Crippen molar-refractivity contribution in [2.24, 2.45) is 9.98 Å². The highest BCUT2D eigenvalue weighted by Crippen LogP contribution is 2.25. The molecule has 0 saturated heterocycles. The van der Waals surface area contributed by atoms with Crippen LogP contribution in [0.15, 0.2) is 58.5 Å². The molecule has 0 heterocycles. The molecule has 0 unspecified atom stereocenters. The number of hydrogen-bond donors (Lipinski definition) is 0. The Hall–Kier alpha value is -3.10. The first-order valence-electron chi connectivity index (χ1n) is 13.3. The lowest BCUT2D eigenvalue weighted by Crippen LogP contribution is -2.15. The number of hydrogen-bond acceptors (Lipinski definition) is 2. The van der Waals surface area contributed by atoms with Crippen molar-refractivity contribution >= 4 is 22.8 Å². The predicted molar refractivity (Wildman–Crippen MR) is 154 cm³/mol. The number of nitrogens with zero attached hydrogens (tertiary/aromatic N) is 2. The SMILES string of the molecule is CC#CCCc1ccccc1N=C(CCCC)C(CCCCC)=Nc1ccccc1CCC#CC. The van der Waals surface area contributed by atoms with Gasteiger partial charge >= 0.3 is 0 Å². The summed E-state index contributed by atoms with van der Waals surface area (Å²) in [6, 6.07) is 17.0. The summed E-state index contributed by atoms with van der Waals surface area (Å²) in [6.07, 6.45) is 11.3. The number of benzene rings is 2. The van der Waals surface area contributed by atoms with Crippen molar-refractivity contribution in [3.63, 3.8) is 0 Å². The molecule has 0 aliphatic carbocycles. The molecule has 0 bridgehead atoms. The predicted octanol–water partition coefficient (Wildman–Crippen LogP) is 9.21. The average molecular weight is 467 g/mol. The number of unbranched alkanes of at least 4 members (excludes halogenated alkanes) is 3. The second-order valence-electron chi connectivity index (χ2n) is 8.79. The molecule has 0 spiro atoms. The van der Waals surface area contributed by atoms with Crippen LogP contribution in [0.5, 0.6) is 0 Å². The fourth-order valence-electron chi connectivity index (χ4n) is 4.01. The Bertz CT molecular complexity index is 1080. The van der Waals surface area contributed by atoms with Gasteiger partial charge in [-0.25, -0.2) is 0 Å². The molecule has 0 N–H and O–H groups in total. The Morgan fingerprint density at radius 2 is 1.09 bits per heavy atom. The van der Waals surface area contributed by atoms with Crippen LogP contribution in [-0.2, 0) is 12.8 Å². The minimum absolute atomic E-state index is 0.860. The van der Waals surface area contributed by atoms with E-state index in [4.69, 9.17) is 9.98 Å². The van der Waals surface area contributed by atoms with Gasteiger partial charge in [0.05, 0.1) is 22.8 Å². The van der Waals surface area contributed by atoms with Gasteiger partial charge in [0.15, 0.2) is 0 Å². The molecule has 184 valence electrons. The highest BCUT2D eigenvalue weighted by Gasteiger charge is 2.13. The Morgan fingerprint density at radius 1 is 0.629 bits per heavy atom. The largest absolute Gasteiger partial charge is 0.251 e. The third-order valence-corrected chi connectivity index (χ3v) is 6.00. The van der Waals surface area contributed by atoms with Gasteiger partial charge in [-0.15, -0.1) is 23.7 Å². The maximum absolute atomic E-state index is 5.28. The van der Waals surface area contributed by atoms with E-state index >= 15 is 0 Å². The van der Waals surface area contributed by atoms with E-state index in [9.17, 15) is 0 Å². The Morgan fingerprint density at radius 3 is 1.54 bits per heavy atom. The van der Waals surface area contributed by atoms with E-state index in [1.165, 1.54) is 24.0 Å². The van der Waals surface area contributed by atoms with E-state index in [1.807, 2.05) is 13.8 Å². The molecule has 0 fully saturated rings. The van der Waals surface area contributed by atoms with Gasteiger partial charge in [0, 0.05) is 12.8 Å². The summed E-state index contributed by atoms with van der Waals surface area (Å²) in [5.74, 6) is 12.4. The van der Waals surface area contributed by atoms with Crippen LogP contribution in [-0.4, -0.2) is 11.4 Å².